The van der Waals surface area contributed by atoms with Gasteiger partial charge >= 0.3 is 17.9 Å². The Labute approximate surface area is 292 Å². The van der Waals surface area contributed by atoms with E-state index in [1.807, 2.05) is 13.8 Å². The SMILES string of the molecule is CCOC(=O)C(NC(=O)CNC(=O)C(Cc1ccccc1)NC(=O)C(CC(C)C)NC(=O)CNC(=O)CCC(=O)OC(C)(C)C)C(=O)OCC. The zero-order valence-electron chi connectivity index (χ0n) is 29.8. The maximum Gasteiger partial charge on any atom is 0.340 e. The van der Waals surface area contributed by atoms with Gasteiger partial charge in [-0.05, 0) is 52.5 Å². The zero-order valence-corrected chi connectivity index (χ0v) is 29.8. The Kier molecular flexibility index (Phi) is 18.8. The minimum Gasteiger partial charge on any atom is -0.464 e. The third kappa shape index (κ3) is 17.9. The molecule has 0 spiro atoms. The van der Waals surface area contributed by atoms with Gasteiger partial charge in [-0.3, -0.25) is 28.8 Å². The summed E-state index contributed by atoms with van der Waals surface area (Å²) in [7, 11) is 0. The summed E-state index contributed by atoms with van der Waals surface area (Å²) >= 11 is 0. The second-order valence-electron chi connectivity index (χ2n) is 12.6. The van der Waals surface area contributed by atoms with E-state index in [1.54, 1.807) is 51.1 Å². The van der Waals surface area contributed by atoms with Crippen molar-refractivity contribution in [3.63, 3.8) is 0 Å². The molecule has 0 heterocycles. The maximum absolute atomic E-state index is 13.5. The predicted octanol–water partition coefficient (Wildman–Crippen LogP) is 0.210. The fourth-order valence-corrected chi connectivity index (χ4v) is 4.32. The molecule has 1 aromatic rings. The van der Waals surface area contributed by atoms with Crippen LogP contribution in [0.25, 0.3) is 0 Å². The second-order valence-corrected chi connectivity index (χ2v) is 12.6. The van der Waals surface area contributed by atoms with Crippen molar-refractivity contribution in [1.82, 2.24) is 26.6 Å². The lowest BCUT2D eigenvalue weighted by Gasteiger charge is -2.24. The molecule has 0 radical (unpaired) electrons. The molecule has 0 aliphatic carbocycles. The first-order valence-corrected chi connectivity index (χ1v) is 16.5. The molecule has 1 rings (SSSR count). The summed E-state index contributed by atoms with van der Waals surface area (Å²) in [5.74, 6) is -6.25. The van der Waals surface area contributed by atoms with Crippen molar-refractivity contribution in [2.75, 3.05) is 26.3 Å². The van der Waals surface area contributed by atoms with Crippen LogP contribution in [0.15, 0.2) is 30.3 Å². The lowest BCUT2D eigenvalue weighted by Crippen LogP contribution is -2.57. The molecular formula is C34H51N5O11. The summed E-state index contributed by atoms with van der Waals surface area (Å²) in [6.07, 6.45) is -0.161. The average Bonchev–Trinajstić information content (AvgIpc) is 3.03. The van der Waals surface area contributed by atoms with Gasteiger partial charge in [-0.15, -0.1) is 0 Å². The number of hydrogen-bond donors (Lipinski definition) is 5. The van der Waals surface area contributed by atoms with E-state index in [0.29, 0.717) is 5.56 Å². The van der Waals surface area contributed by atoms with Gasteiger partial charge in [-0.2, -0.15) is 0 Å². The Morgan fingerprint density at radius 3 is 1.78 bits per heavy atom. The van der Waals surface area contributed by atoms with Crippen molar-refractivity contribution in [2.24, 2.45) is 5.92 Å². The standard InChI is InChI=1S/C34H51N5O11/c1-8-48-32(46)29(33(47)49-9-2)39-27(42)20-36-30(44)24(18-22-13-11-10-12-14-22)38-31(45)23(17-21(3)4)37-26(41)19-35-25(40)15-16-28(43)50-34(5,6)7/h10-14,21,23-24,29H,8-9,15-20H2,1-7H3,(H,35,40)(H,36,44)(H,37,41)(H,38,45)(H,39,42). The van der Waals surface area contributed by atoms with E-state index in [-0.39, 0.29) is 44.8 Å². The predicted molar refractivity (Wildman–Crippen MR) is 180 cm³/mol. The lowest BCUT2D eigenvalue weighted by atomic mass is 10.0. The Hall–Kier alpha value is -5.02. The quantitative estimate of drug-likeness (QED) is 0.0701. The molecule has 0 bridgehead atoms. The second kappa shape index (κ2) is 21.8. The first-order chi connectivity index (χ1) is 23.4. The van der Waals surface area contributed by atoms with Gasteiger partial charge in [0.2, 0.25) is 35.6 Å². The topological polar surface area (TPSA) is 224 Å². The third-order valence-electron chi connectivity index (χ3n) is 6.47. The van der Waals surface area contributed by atoms with Gasteiger partial charge < -0.3 is 40.8 Å². The number of benzene rings is 1. The molecule has 16 heteroatoms. The first-order valence-electron chi connectivity index (χ1n) is 16.5. The Morgan fingerprint density at radius 1 is 0.680 bits per heavy atom. The van der Waals surface area contributed by atoms with Crippen molar-refractivity contribution in [1.29, 1.82) is 0 Å². The molecule has 2 atom stereocenters. The normalized spacial score (nSPS) is 12.2. The van der Waals surface area contributed by atoms with Gasteiger partial charge in [0, 0.05) is 12.8 Å². The molecule has 278 valence electrons. The van der Waals surface area contributed by atoms with Crippen LogP contribution in [0.1, 0.15) is 73.3 Å². The van der Waals surface area contributed by atoms with Crippen LogP contribution in [0, 0.1) is 5.92 Å². The zero-order chi connectivity index (χ0) is 37.9. The van der Waals surface area contributed by atoms with Crippen LogP contribution in [0.5, 0.6) is 0 Å². The molecule has 0 aliphatic rings. The van der Waals surface area contributed by atoms with Gasteiger partial charge in [-0.25, -0.2) is 9.59 Å². The van der Waals surface area contributed by atoms with Gasteiger partial charge in [0.25, 0.3) is 0 Å². The van der Waals surface area contributed by atoms with Crippen LogP contribution in [-0.4, -0.2) is 97.5 Å². The largest absolute Gasteiger partial charge is 0.464 e. The van der Waals surface area contributed by atoms with E-state index < -0.39 is 84.3 Å². The van der Waals surface area contributed by atoms with Crippen molar-refractivity contribution in [2.45, 2.75) is 97.9 Å². The molecule has 0 saturated carbocycles. The van der Waals surface area contributed by atoms with Crippen LogP contribution in [-0.2, 0) is 59.0 Å². The minimum atomic E-state index is -1.74. The van der Waals surface area contributed by atoms with Crippen LogP contribution in [0.4, 0.5) is 0 Å². The summed E-state index contributed by atoms with van der Waals surface area (Å²) in [6, 6.07) is 4.70. The summed E-state index contributed by atoms with van der Waals surface area (Å²) in [5.41, 5.74) is -0.0180. The lowest BCUT2D eigenvalue weighted by molar-refractivity contribution is -0.159. The summed E-state index contributed by atoms with van der Waals surface area (Å²) in [4.78, 5) is 101. The molecule has 2 unspecified atom stereocenters. The van der Waals surface area contributed by atoms with Crippen LogP contribution in [0.2, 0.25) is 0 Å². The minimum absolute atomic E-state index is 0.0182. The van der Waals surface area contributed by atoms with Crippen LogP contribution >= 0.6 is 0 Å². The number of rotatable bonds is 20. The monoisotopic (exact) mass is 705 g/mol. The van der Waals surface area contributed by atoms with Crippen LogP contribution < -0.4 is 26.6 Å². The highest BCUT2D eigenvalue weighted by molar-refractivity contribution is 6.03. The highest BCUT2D eigenvalue weighted by Crippen LogP contribution is 2.10. The number of hydrogen-bond acceptors (Lipinski definition) is 11. The molecule has 0 saturated heterocycles. The fourth-order valence-electron chi connectivity index (χ4n) is 4.32. The highest BCUT2D eigenvalue weighted by atomic mass is 16.6. The molecule has 0 fully saturated rings. The van der Waals surface area contributed by atoms with E-state index in [9.17, 15) is 38.4 Å². The average molecular weight is 706 g/mol. The van der Waals surface area contributed by atoms with Gasteiger partial charge in [0.1, 0.15) is 17.7 Å². The van der Waals surface area contributed by atoms with Crippen molar-refractivity contribution in [3.05, 3.63) is 35.9 Å². The van der Waals surface area contributed by atoms with E-state index in [0.717, 1.165) is 0 Å². The molecule has 5 N–H and O–H groups in total. The van der Waals surface area contributed by atoms with Gasteiger partial charge in [0.05, 0.1) is 32.7 Å². The summed E-state index contributed by atoms with van der Waals surface area (Å²) < 4.78 is 14.8. The van der Waals surface area contributed by atoms with Gasteiger partial charge in [0.15, 0.2) is 0 Å². The molecule has 0 aromatic heterocycles. The van der Waals surface area contributed by atoms with Crippen molar-refractivity contribution in [3.8, 4) is 0 Å². The smallest absolute Gasteiger partial charge is 0.340 e. The molecule has 0 aliphatic heterocycles. The molecule has 1 aromatic carbocycles. The fraction of sp³-hybridized carbons (Fsp3) is 0.588. The molecular weight excluding hydrogens is 654 g/mol. The number of carbonyl (C=O) groups excluding carboxylic acids is 8. The van der Waals surface area contributed by atoms with E-state index in [4.69, 9.17) is 14.2 Å². The number of esters is 3. The van der Waals surface area contributed by atoms with Crippen LogP contribution in [0.3, 0.4) is 0 Å². The van der Waals surface area contributed by atoms with Gasteiger partial charge in [-0.1, -0.05) is 44.2 Å². The van der Waals surface area contributed by atoms with Crippen molar-refractivity contribution >= 4 is 47.4 Å². The molecule has 50 heavy (non-hydrogen) atoms. The number of nitrogens with one attached hydrogen (secondary N) is 5. The summed E-state index contributed by atoms with van der Waals surface area (Å²) in [5, 5.41) is 12.2. The first kappa shape index (κ1) is 43.0. The van der Waals surface area contributed by atoms with E-state index in [2.05, 4.69) is 26.6 Å². The highest BCUT2D eigenvalue weighted by Gasteiger charge is 2.32. The summed E-state index contributed by atoms with van der Waals surface area (Å²) in [6.45, 7) is 10.6. The van der Waals surface area contributed by atoms with E-state index in [1.165, 1.54) is 13.8 Å². The maximum atomic E-state index is 13.5. The number of carbonyl (C=O) groups is 8. The number of ether oxygens (including phenoxy) is 3. The Balaban J connectivity index is 2.95. The molecule has 5 amide bonds. The van der Waals surface area contributed by atoms with Crippen molar-refractivity contribution < 1.29 is 52.6 Å². The van der Waals surface area contributed by atoms with E-state index >= 15 is 0 Å². The Bertz CT molecular complexity index is 1310. The molecule has 16 nitrogen and oxygen atoms in total. The Morgan fingerprint density at radius 2 is 1.24 bits per heavy atom. The number of amides is 5. The third-order valence-corrected chi connectivity index (χ3v) is 6.47.